The number of aromatic nitrogens is 1. The molecule has 0 aliphatic carbocycles. The van der Waals surface area contributed by atoms with E-state index in [1.54, 1.807) is 25.3 Å². The number of benzene rings is 2. The first-order chi connectivity index (χ1) is 10.6. The van der Waals surface area contributed by atoms with Crippen LogP contribution in [0, 0.1) is 0 Å². The highest BCUT2D eigenvalue weighted by Gasteiger charge is 2.10. The lowest BCUT2D eigenvalue weighted by molar-refractivity contribution is -0.115. The Balaban J connectivity index is 1.72. The van der Waals surface area contributed by atoms with Crippen molar-refractivity contribution < 1.29 is 13.9 Å². The largest absolute Gasteiger partial charge is 0.497 e. The molecule has 112 valence electrons. The van der Waals surface area contributed by atoms with Crippen molar-refractivity contribution in [2.75, 3.05) is 12.4 Å². The second-order valence-electron chi connectivity index (χ2n) is 4.71. The lowest BCUT2D eigenvalue weighted by Gasteiger charge is -2.04. The van der Waals surface area contributed by atoms with Crippen molar-refractivity contribution in [3.05, 3.63) is 53.1 Å². The first kappa shape index (κ1) is 14.4. The normalized spacial score (nSPS) is 10.6. The molecule has 0 saturated carbocycles. The molecule has 0 radical (unpaired) electrons. The Morgan fingerprint density at radius 1 is 1.32 bits per heavy atom. The van der Waals surface area contributed by atoms with Crippen LogP contribution in [0.15, 0.2) is 46.9 Å². The van der Waals surface area contributed by atoms with Crippen LogP contribution in [0.1, 0.15) is 5.56 Å². The Bertz CT molecular complexity index is 829. The third kappa shape index (κ3) is 3.20. The molecule has 3 rings (SSSR count). The zero-order chi connectivity index (χ0) is 15.5. The molecule has 3 aromatic rings. The van der Waals surface area contributed by atoms with Crippen molar-refractivity contribution in [3.8, 4) is 5.75 Å². The Morgan fingerprint density at radius 3 is 3.00 bits per heavy atom. The van der Waals surface area contributed by atoms with Crippen molar-refractivity contribution in [1.29, 1.82) is 0 Å². The van der Waals surface area contributed by atoms with E-state index >= 15 is 0 Å². The van der Waals surface area contributed by atoms with E-state index in [2.05, 4.69) is 10.3 Å². The fourth-order valence-corrected chi connectivity index (χ4v) is 2.25. The Morgan fingerprint density at radius 2 is 2.18 bits per heavy atom. The maximum Gasteiger partial charge on any atom is 0.302 e. The summed E-state index contributed by atoms with van der Waals surface area (Å²) in [7, 11) is 1.59. The number of carbonyl (C=O) groups excluding carboxylic acids is 1. The van der Waals surface area contributed by atoms with Crippen LogP contribution in [0.25, 0.3) is 11.1 Å². The highest BCUT2D eigenvalue weighted by atomic mass is 35.5. The van der Waals surface area contributed by atoms with Gasteiger partial charge in [0.05, 0.1) is 13.5 Å². The number of ether oxygens (including phenoxy) is 1. The maximum absolute atomic E-state index is 12.0. The average molecular weight is 317 g/mol. The van der Waals surface area contributed by atoms with Crippen LogP contribution in [-0.4, -0.2) is 18.0 Å². The molecule has 1 heterocycles. The minimum Gasteiger partial charge on any atom is -0.497 e. The number of methoxy groups -OCH3 is 1. The van der Waals surface area contributed by atoms with Gasteiger partial charge in [0.25, 0.3) is 0 Å². The number of hydrogen-bond acceptors (Lipinski definition) is 4. The van der Waals surface area contributed by atoms with Gasteiger partial charge in [-0.3, -0.25) is 10.1 Å². The number of fused-ring (bicyclic) bond motifs is 1. The van der Waals surface area contributed by atoms with Crippen molar-refractivity contribution in [2.24, 2.45) is 0 Å². The second-order valence-corrected chi connectivity index (χ2v) is 5.14. The van der Waals surface area contributed by atoms with Gasteiger partial charge in [0.1, 0.15) is 11.3 Å². The molecule has 0 atom stereocenters. The number of carbonyl (C=O) groups is 1. The quantitative estimate of drug-likeness (QED) is 0.797. The molecule has 22 heavy (non-hydrogen) atoms. The van der Waals surface area contributed by atoms with Crippen LogP contribution in [0.2, 0.25) is 5.02 Å². The van der Waals surface area contributed by atoms with Crippen LogP contribution in [0.4, 0.5) is 6.01 Å². The molecule has 1 aromatic heterocycles. The molecule has 0 aliphatic rings. The summed E-state index contributed by atoms with van der Waals surface area (Å²) in [4.78, 5) is 16.2. The highest BCUT2D eigenvalue weighted by Crippen LogP contribution is 2.22. The van der Waals surface area contributed by atoms with Gasteiger partial charge < -0.3 is 9.15 Å². The number of rotatable bonds is 4. The molecule has 0 bridgehead atoms. The Hall–Kier alpha value is -2.53. The molecular formula is C16H13ClN2O3. The average Bonchev–Trinajstić information content (AvgIpc) is 2.88. The molecule has 0 aliphatic heterocycles. The molecule has 1 N–H and O–H groups in total. The zero-order valence-corrected chi connectivity index (χ0v) is 12.6. The van der Waals surface area contributed by atoms with Gasteiger partial charge in [-0.2, -0.15) is 4.98 Å². The van der Waals surface area contributed by atoms with Gasteiger partial charge in [0.15, 0.2) is 5.58 Å². The highest BCUT2D eigenvalue weighted by molar-refractivity contribution is 6.31. The fraction of sp³-hybridized carbons (Fsp3) is 0.125. The molecule has 1 amide bonds. The van der Waals surface area contributed by atoms with E-state index < -0.39 is 0 Å². The monoisotopic (exact) mass is 316 g/mol. The number of nitrogens with zero attached hydrogens (tertiary/aromatic N) is 1. The first-order valence-corrected chi connectivity index (χ1v) is 7.01. The van der Waals surface area contributed by atoms with Crippen molar-refractivity contribution >= 4 is 34.6 Å². The minimum absolute atomic E-state index is 0.158. The summed E-state index contributed by atoms with van der Waals surface area (Å²) >= 11 is 5.88. The predicted molar refractivity (Wildman–Crippen MR) is 84.3 cm³/mol. The van der Waals surface area contributed by atoms with E-state index in [4.69, 9.17) is 20.8 Å². The standard InChI is InChI=1S/C16H13ClN2O3/c1-21-12-4-2-3-10(7-12)8-15(20)19-16-18-13-6-5-11(17)9-14(13)22-16/h2-7,9H,8H2,1H3,(H,18,19,20). The molecule has 0 unspecified atom stereocenters. The summed E-state index contributed by atoms with van der Waals surface area (Å²) in [5, 5.41) is 3.19. The van der Waals surface area contributed by atoms with Crippen LogP contribution in [-0.2, 0) is 11.2 Å². The van der Waals surface area contributed by atoms with Gasteiger partial charge in [-0.25, -0.2) is 0 Å². The van der Waals surface area contributed by atoms with Crippen molar-refractivity contribution in [1.82, 2.24) is 4.98 Å². The van der Waals surface area contributed by atoms with E-state index in [9.17, 15) is 4.79 Å². The lowest BCUT2D eigenvalue weighted by atomic mass is 10.1. The smallest absolute Gasteiger partial charge is 0.302 e. The molecule has 6 heteroatoms. The van der Waals surface area contributed by atoms with E-state index in [1.807, 2.05) is 24.3 Å². The lowest BCUT2D eigenvalue weighted by Crippen LogP contribution is -2.14. The fourth-order valence-electron chi connectivity index (χ4n) is 2.08. The number of nitrogens with one attached hydrogen (secondary N) is 1. The third-order valence-corrected chi connectivity index (χ3v) is 3.33. The summed E-state index contributed by atoms with van der Waals surface area (Å²) in [6.45, 7) is 0. The predicted octanol–water partition coefficient (Wildman–Crippen LogP) is 3.67. The first-order valence-electron chi connectivity index (χ1n) is 6.63. The van der Waals surface area contributed by atoms with Crippen molar-refractivity contribution in [3.63, 3.8) is 0 Å². The summed E-state index contributed by atoms with van der Waals surface area (Å²) < 4.78 is 10.6. The Labute approximate surface area is 131 Å². The van der Waals surface area contributed by atoms with E-state index in [0.717, 1.165) is 5.56 Å². The van der Waals surface area contributed by atoms with E-state index in [1.165, 1.54) is 0 Å². The topological polar surface area (TPSA) is 64.4 Å². The number of oxazole rings is 1. The van der Waals surface area contributed by atoms with Gasteiger partial charge in [-0.1, -0.05) is 23.7 Å². The molecule has 2 aromatic carbocycles. The van der Waals surface area contributed by atoms with Crippen LogP contribution in [0.3, 0.4) is 0 Å². The van der Waals surface area contributed by atoms with Crippen LogP contribution < -0.4 is 10.1 Å². The molecule has 0 fully saturated rings. The Kier molecular flexibility index (Phi) is 3.98. The number of halogens is 1. The van der Waals surface area contributed by atoms with Crippen LogP contribution in [0.5, 0.6) is 5.75 Å². The van der Waals surface area contributed by atoms with Crippen LogP contribution >= 0.6 is 11.6 Å². The number of anilines is 1. The van der Waals surface area contributed by atoms with E-state index in [0.29, 0.717) is 21.9 Å². The third-order valence-electron chi connectivity index (χ3n) is 3.10. The van der Waals surface area contributed by atoms with Gasteiger partial charge in [0.2, 0.25) is 5.91 Å². The molecule has 0 spiro atoms. The number of amides is 1. The summed E-state index contributed by atoms with van der Waals surface area (Å²) in [6.07, 6.45) is 0.205. The molecular weight excluding hydrogens is 304 g/mol. The SMILES string of the molecule is COc1cccc(CC(=O)Nc2nc3ccc(Cl)cc3o2)c1. The molecule has 5 nitrogen and oxygen atoms in total. The molecule has 0 saturated heterocycles. The summed E-state index contributed by atoms with van der Waals surface area (Å²) in [5.41, 5.74) is 2.02. The van der Waals surface area contributed by atoms with Gasteiger partial charge >= 0.3 is 6.01 Å². The van der Waals surface area contributed by atoms with Gasteiger partial charge in [0, 0.05) is 11.1 Å². The van der Waals surface area contributed by atoms with E-state index in [-0.39, 0.29) is 18.3 Å². The van der Waals surface area contributed by atoms with Crippen molar-refractivity contribution in [2.45, 2.75) is 6.42 Å². The number of hydrogen-bond donors (Lipinski definition) is 1. The second kappa shape index (κ2) is 6.07. The van der Waals surface area contributed by atoms with Gasteiger partial charge in [-0.15, -0.1) is 0 Å². The minimum atomic E-state index is -0.217. The summed E-state index contributed by atoms with van der Waals surface area (Å²) in [5.74, 6) is 0.493. The summed E-state index contributed by atoms with van der Waals surface area (Å²) in [6, 6.07) is 12.6. The zero-order valence-electron chi connectivity index (χ0n) is 11.8. The maximum atomic E-state index is 12.0. The van der Waals surface area contributed by atoms with Gasteiger partial charge in [-0.05, 0) is 29.8 Å².